The third-order valence-corrected chi connectivity index (χ3v) is 3.02. The van der Waals surface area contributed by atoms with E-state index in [1.54, 1.807) is 20.4 Å². The third-order valence-electron chi connectivity index (χ3n) is 3.02. The molecule has 3 N–H and O–H groups in total. The zero-order valence-electron chi connectivity index (χ0n) is 12.8. The van der Waals surface area contributed by atoms with Crippen LogP contribution in [0, 0.1) is 0 Å². The molecule has 1 atom stereocenters. The van der Waals surface area contributed by atoms with E-state index in [0.29, 0.717) is 19.8 Å². The lowest BCUT2D eigenvalue weighted by molar-refractivity contribution is 0.0652. The summed E-state index contributed by atoms with van der Waals surface area (Å²) >= 11 is 0. The zero-order valence-corrected chi connectivity index (χ0v) is 12.8. The molecule has 1 unspecified atom stereocenters. The van der Waals surface area contributed by atoms with Crippen LogP contribution in [0.2, 0.25) is 0 Å². The second kappa shape index (κ2) is 8.91. The lowest BCUT2D eigenvalue weighted by Gasteiger charge is -2.20. The topological polar surface area (TPSA) is 83.6 Å². The maximum absolute atomic E-state index is 5.67. The molecule has 0 radical (unpaired) electrons. The Morgan fingerprint density at radius 3 is 2.60 bits per heavy atom. The molecule has 20 heavy (non-hydrogen) atoms. The Labute approximate surface area is 120 Å². The Balaban J connectivity index is 2.70. The number of methoxy groups -OCH3 is 2. The highest BCUT2D eigenvalue weighted by Crippen LogP contribution is 2.28. The highest BCUT2D eigenvalue weighted by atomic mass is 16.5. The van der Waals surface area contributed by atoms with Crippen molar-refractivity contribution in [1.82, 2.24) is 15.2 Å². The van der Waals surface area contributed by atoms with E-state index >= 15 is 0 Å². The van der Waals surface area contributed by atoms with Gasteiger partial charge < -0.3 is 14.2 Å². The van der Waals surface area contributed by atoms with Gasteiger partial charge in [0, 0.05) is 19.8 Å². The van der Waals surface area contributed by atoms with E-state index in [4.69, 9.17) is 20.1 Å². The van der Waals surface area contributed by atoms with Gasteiger partial charge in [0.2, 0.25) is 0 Å². The van der Waals surface area contributed by atoms with Gasteiger partial charge in [-0.25, -0.2) is 0 Å². The molecule has 0 aliphatic heterocycles. The highest BCUT2D eigenvalue weighted by molar-refractivity contribution is 5.28. The Kier molecular flexibility index (Phi) is 7.53. The van der Waals surface area contributed by atoms with Crippen molar-refractivity contribution in [1.29, 1.82) is 0 Å². The van der Waals surface area contributed by atoms with Crippen LogP contribution in [-0.2, 0) is 9.47 Å². The lowest BCUT2D eigenvalue weighted by atomic mass is 10.1. The first-order valence-corrected chi connectivity index (χ1v) is 6.79. The first kappa shape index (κ1) is 16.9. The number of ether oxygens (including phenoxy) is 3. The molecule has 0 saturated heterocycles. The molecule has 116 valence electrons. The maximum Gasteiger partial charge on any atom is 0.161 e. The fourth-order valence-corrected chi connectivity index (χ4v) is 2.00. The molecule has 0 aliphatic carbocycles. The number of hydrogen-bond donors (Lipinski definition) is 2. The SMILES string of the molecule is COCCOCCC(NN)c1c(OC)cnn1C(C)C. The van der Waals surface area contributed by atoms with E-state index in [9.17, 15) is 0 Å². The minimum absolute atomic E-state index is 0.0719. The Bertz CT molecular complexity index is 382. The average Bonchev–Trinajstić information content (AvgIpc) is 2.87. The van der Waals surface area contributed by atoms with Gasteiger partial charge in [0.05, 0.1) is 38.3 Å². The summed E-state index contributed by atoms with van der Waals surface area (Å²) in [7, 11) is 3.29. The molecule has 1 aromatic rings. The van der Waals surface area contributed by atoms with E-state index in [0.717, 1.165) is 17.9 Å². The molecule has 0 aliphatic rings. The minimum Gasteiger partial charge on any atom is -0.493 e. The molecule has 0 amide bonds. The van der Waals surface area contributed by atoms with Crippen molar-refractivity contribution in [2.24, 2.45) is 5.84 Å². The monoisotopic (exact) mass is 286 g/mol. The van der Waals surface area contributed by atoms with Crippen LogP contribution in [0.25, 0.3) is 0 Å². The van der Waals surface area contributed by atoms with Crippen LogP contribution in [0.15, 0.2) is 6.20 Å². The van der Waals surface area contributed by atoms with Gasteiger partial charge in [-0.2, -0.15) is 5.10 Å². The number of rotatable bonds is 10. The van der Waals surface area contributed by atoms with Crippen molar-refractivity contribution in [3.8, 4) is 5.75 Å². The van der Waals surface area contributed by atoms with Gasteiger partial charge >= 0.3 is 0 Å². The fraction of sp³-hybridized carbons (Fsp3) is 0.769. The predicted molar refractivity (Wildman–Crippen MR) is 76.5 cm³/mol. The Hall–Kier alpha value is -1.15. The molecule has 0 saturated carbocycles. The van der Waals surface area contributed by atoms with Crippen molar-refractivity contribution in [2.45, 2.75) is 32.4 Å². The number of nitrogens with one attached hydrogen (secondary N) is 1. The largest absolute Gasteiger partial charge is 0.493 e. The smallest absolute Gasteiger partial charge is 0.161 e. The molecule has 7 nitrogen and oxygen atoms in total. The Morgan fingerprint density at radius 1 is 1.30 bits per heavy atom. The summed E-state index contributed by atoms with van der Waals surface area (Å²) in [5.74, 6) is 6.41. The summed E-state index contributed by atoms with van der Waals surface area (Å²) in [5.41, 5.74) is 3.76. The third kappa shape index (κ3) is 4.45. The van der Waals surface area contributed by atoms with Crippen molar-refractivity contribution >= 4 is 0 Å². The second-order valence-electron chi connectivity index (χ2n) is 4.75. The summed E-state index contributed by atoms with van der Waals surface area (Å²) in [6, 6.07) is 0.163. The minimum atomic E-state index is -0.0719. The van der Waals surface area contributed by atoms with Gasteiger partial charge in [-0.05, 0) is 20.3 Å². The van der Waals surface area contributed by atoms with Crippen molar-refractivity contribution in [3.63, 3.8) is 0 Å². The van der Waals surface area contributed by atoms with Gasteiger partial charge in [0.25, 0.3) is 0 Å². The standard InChI is InChI=1S/C13H26N4O3/c1-10(2)17-13(12(19-4)9-15-17)11(16-14)5-6-20-8-7-18-3/h9-11,16H,5-8,14H2,1-4H3. The van der Waals surface area contributed by atoms with Crippen LogP contribution in [0.4, 0.5) is 0 Å². The number of hydrogen-bond acceptors (Lipinski definition) is 6. The molecule has 1 aromatic heterocycles. The van der Waals surface area contributed by atoms with E-state index < -0.39 is 0 Å². The van der Waals surface area contributed by atoms with Crippen molar-refractivity contribution in [3.05, 3.63) is 11.9 Å². The first-order valence-electron chi connectivity index (χ1n) is 6.79. The van der Waals surface area contributed by atoms with E-state index in [-0.39, 0.29) is 12.1 Å². The summed E-state index contributed by atoms with van der Waals surface area (Å²) < 4.78 is 17.7. The van der Waals surface area contributed by atoms with Gasteiger partial charge in [0.15, 0.2) is 5.75 Å². The zero-order chi connectivity index (χ0) is 15.0. The summed E-state index contributed by atoms with van der Waals surface area (Å²) in [5, 5.41) is 4.35. The molecule has 0 spiro atoms. The summed E-state index contributed by atoms with van der Waals surface area (Å²) in [6.45, 7) is 5.89. The molecule has 1 rings (SSSR count). The quantitative estimate of drug-likeness (QED) is 0.380. The normalized spacial score (nSPS) is 12.9. The van der Waals surface area contributed by atoms with Crippen LogP contribution in [0.5, 0.6) is 5.75 Å². The lowest BCUT2D eigenvalue weighted by Crippen LogP contribution is -2.31. The van der Waals surface area contributed by atoms with Crippen LogP contribution < -0.4 is 16.0 Å². The Morgan fingerprint density at radius 2 is 2.05 bits per heavy atom. The molecule has 1 heterocycles. The fourth-order valence-electron chi connectivity index (χ4n) is 2.00. The van der Waals surface area contributed by atoms with Crippen molar-refractivity contribution in [2.75, 3.05) is 34.0 Å². The van der Waals surface area contributed by atoms with Crippen LogP contribution in [0.3, 0.4) is 0 Å². The summed E-state index contributed by atoms with van der Waals surface area (Å²) in [6.07, 6.45) is 2.44. The summed E-state index contributed by atoms with van der Waals surface area (Å²) in [4.78, 5) is 0. The second-order valence-corrected chi connectivity index (χ2v) is 4.75. The van der Waals surface area contributed by atoms with Gasteiger partial charge in [0.1, 0.15) is 0 Å². The average molecular weight is 286 g/mol. The molecule has 0 fully saturated rings. The predicted octanol–water partition coefficient (Wildman–Crippen LogP) is 1.03. The van der Waals surface area contributed by atoms with Crippen LogP contribution in [0.1, 0.15) is 38.0 Å². The number of nitrogens with zero attached hydrogens (tertiary/aromatic N) is 2. The van der Waals surface area contributed by atoms with Gasteiger partial charge in [-0.15, -0.1) is 0 Å². The maximum atomic E-state index is 5.67. The molecule has 0 aromatic carbocycles. The number of nitrogens with two attached hydrogens (primary N) is 1. The van der Waals surface area contributed by atoms with E-state index in [2.05, 4.69) is 24.4 Å². The first-order chi connectivity index (χ1) is 9.65. The highest BCUT2D eigenvalue weighted by Gasteiger charge is 2.22. The van der Waals surface area contributed by atoms with Crippen LogP contribution in [-0.4, -0.2) is 43.8 Å². The van der Waals surface area contributed by atoms with Crippen LogP contribution >= 0.6 is 0 Å². The number of aromatic nitrogens is 2. The molecular formula is C13H26N4O3. The van der Waals surface area contributed by atoms with Crippen molar-refractivity contribution < 1.29 is 14.2 Å². The molecular weight excluding hydrogens is 260 g/mol. The molecule has 0 bridgehead atoms. The molecule has 7 heteroatoms. The van der Waals surface area contributed by atoms with Gasteiger partial charge in [-0.1, -0.05) is 0 Å². The van der Waals surface area contributed by atoms with E-state index in [1.165, 1.54) is 0 Å². The number of hydrazine groups is 1. The van der Waals surface area contributed by atoms with E-state index in [1.807, 2.05) is 4.68 Å². The van der Waals surface area contributed by atoms with Gasteiger partial charge in [-0.3, -0.25) is 16.0 Å².